The van der Waals surface area contributed by atoms with Crippen LogP contribution in [0.1, 0.15) is 46.0 Å². The summed E-state index contributed by atoms with van der Waals surface area (Å²) in [5.74, 6) is 0. The second-order valence-electron chi connectivity index (χ2n) is 2.80. The van der Waals surface area contributed by atoms with Crippen LogP contribution in [0.25, 0.3) is 0 Å². The first kappa shape index (κ1) is 10.5. The van der Waals surface area contributed by atoms with Gasteiger partial charge in [0.15, 0.2) is 0 Å². The van der Waals surface area contributed by atoms with Crippen molar-refractivity contribution in [3.63, 3.8) is 0 Å². The first-order chi connectivity index (χ1) is 5.41. The first-order valence-corrected chi connectivity index (χ1v) is 4.69. The topological polar surface area (TPSA) is 0 Å². The molecule has 0 bridgehead atoms. The van der Waals surface area contributed by atoms with E-state index in [1.54, 1.807) is 0 Å². The Kier molecular flexibility index (Phi) is 9.03. The van der Waals surface area contributed by atoms with Crippen molar-refractivity contribution in [2.75, 3.05) is 0 Å². The van der Waals surface area contributed by atoms with Crippen LogP contribution in [0.3, 0.4) is 0 Å². The normalized spacial score (nSPS) is 11.8. The molecule has 0 radical (unpaired) electrons. The van der Waals surface area contributed by atoms with Crippen molar-refractivity contribution >= 4 is 0 Å². The molecule has 0 amide bonds. The summed E-state index contributed by atoms with van der Waals surface area (Å²) in [6.45, 7) is 4.29. The molecule has 0 spiro atoms. The lowest BCUT2D eigenvalue weighted by molar-refractivity contribution is 0.674. The minimum atomic E-state index is 1.24. The van der Waals surface area contributed by atoms with Crippen LogP contribution in [-0.4, -0.2) is 0 Å². The van der Waals surface area contributed by atoms with Crippen molar-refractivity contribution in [2.24, 2.45) is 0 Å². The predicted molar refractivity (Wildman–Crippen MR) is 52.7 cm³/mol. The molecule has 11 heavy (non-hydrogen) atoms. The highest BCUT2D eigenvalue weighted by molar-refractivity contribution is 5.00. The third kappa shape index (κ3) is 9.48. The first-order valence-electron chi connectivity index (χ1n) is 4.69. The Hall–Kier alpha value is -0.520. The van der Waals surface area contributed by atoms with Crippen LogP contribution in [-0.2, 0) is 0 Å². The van der Waals surface area contributed by atoms with Crippen LogP contribution in [0.4, 0.5) is 0 Å². The van der Waals surface area contributed by atoms with Crippen molar-refractivity contribution in [2.45, 2.75) is 46.0 Å². The van der Waals surface area contributed by atoms with Gasteiger partial charge in [-0.3, -0.25) is 0 Å². The molecule has 0 saturated heterocycles. The van der Waals surface area contributed by atoms with Crippen molar-refractivity contribution in [1.82, 2.24) is 0 Å². The second kappa shape index (κ2) is 9.48. The van der Waals surface area contributed by atoms with Crippen LogP contribution in [0.5, 0.6) is 0 Å². The molecule has 0 nitrogen and oxygen atoms in total. The number of hydrogen-bond acceptors (Lipinski definition) is 0. The molecule has 0 aliphatic carbocycles. The zero-order chi connectivity index (χ0) is 8.36. The summed E-state index contributed by atoms with van der Waals surface area (Å²) in [7, 11) is 0. The van der Waals surface area contributed by atoms with Crippen molar-refractivity contribution in [3.05, 3.63) is 24.3 Å². The highest BCUT2D eigenvalue weighted by Crippen LogP contribution is 2.02. The van der Waals surface area contributed by atoms with E-state index >= 15 is 0 Å². The second-order valence-corrected chi connectivity index (χ2v) is 2.80. The van der Waals surface area contributed by atoms with Crippen LogP contribution in [0.15, 0.2) is 24.3 Å². The van der Waals surface area contributed by atoms with E-state index in [2.05, 4.69) is 31.2 Å². The van der Waals surface area contributed by atoms with Crippen LogP contribution < -0.4 is 0 Å². The number of unbranched alkanes of at least 4 members (excludes halogenated alkanes) is 4. The Morgan fingerprint density at radius 1 is 1.00 bits per heavy atom. The number of allylic oxidation sites excluding steroid dienone is 4. The summed E-state index contributed by atoms with van der Waals surface area (Å²) in [6, 6.07) is 0. The quantitative estimate of drug-likeness (QED) is 0.397. The Morgan fingerprint density at radius 3 is 2.45 bits per heavy atom. The summed E-state index contributed by atoms with van der Waals surface area (Å²) >= 11 is 0. The fourth-order valence-corrected chi connectivity index (χ4v) is 0.975. The SMILES string of the molecule is C/C=C\C=C/CCCCCC. The smallest absolute Gasteiger partial charge is 0.0348 e. The lowest BCUT2D eigenvalue weighted by atomic mass is 10.1. The van der Waals surface area contributed by atoms with Gasteiger partial charge in [0.1, 0.15) is 0 Å². The lowest BCUT2D eigenvalue weighted by Crippen LogP contribution is -1.72. The zero-order valence-electron chi connectivity index (χ0n) is 7.84. The molecule has 0 saturated carbocycles. The van der Waals surface area contributed by atoms with Gasteiger partial charge in [-0.1, -0.05) is 50.5 Å². The average molecular weight is 152 g/mol. The van der Waals surface area contributed by atoms with E-state index in [4.69, 9.17) is 0 Å². The van der Waals surface area contributed by atoms with Crippen LogP contribution in [0.2, 0.25) is 0 Å². The molecule has 0 N–H and O–H groups in total. The van der Waals surface area contributed by atoms with Gasteiger partial charge < -0.3 is 0 Å². The fraction of sp³-hybridized carbons (Fsp3) is 0.636. The van der Waals surface area contributed by atoms with E-state index in [9.17, 15) is 0 Å². The summed E-state index contributed by atoms with van der Waals surface area (Å²) in [5, 5.41) is 0. The van der Waals surface area contributed by atoms with Crippen molar-refractivity contribution < 1.29 is 0 Å². The van der Waals surface area contributed by atoms with Crippen molar-refractivity contribution in [1.29, 1.82) is 0 Å². The van der Waals surface area contributed by atoms with Crippen LogP contribution in [0, 0.1) is 0 Å². The largest absolute Gasteiger partial charge is 0.0877 e. The Balaban J connectivity index is 3.01. The zero-order valence-corrected chi connectivity index (χ0v) is 7.84. The van der Waals surface area contributed by atoms with Gasteiger partial charge >= 0.3 is 0 Å². The fourth-order valence-electron chi connectivity index (χ4n) is 0.975. The molecule has 0 rings (SSSR count). The van der Waals surface area contributed by atoms with Gasteiger partial charge in [0.05, 0.1) is 0 Å². The summed E-state index contributed by atoms with van der Waals surface area (Å²) in [6.07, 6.45) is 15.2. The average Bonchev–Trinajstić information content (AvgIpc) is 2.03. The van der Waals surface area contributed by atoms with E-state index in [0.717, 1.165) is 0 Å². The van der Waals surface area contributed by atoms with Gasteiger partial charge in [0.25, 0.3) is 0 Å². The molecule has 0 atom stereocenters. The van der Waals surface area contributed by atoms with Gasteiger partial charge in [-0.05, 0) is 19.8 Å². The third-order valence-electron chi connectivity index (χ3n) is 1.66. The molecule has 0 heteroatoms. The molecule has 64 valence electrons. The van der Waals surface area contributed by atoms with E-state index in [1.807, 2.05) is 6.92 Å². The molecule has 0 heterocycles. The van der Waals surface area contributed by atoms with E-state index < -0.39 is 0 Å². The predicted octanol–water partition coefficient (Wildman–Crippen LogP) is 4.09. The summed E-state index contributed by atoms with van der Waals surface area (Å²) < 4.78 is 0. The maximum absolute atomic E-state index is 2.25. The molecular formula is C11H20. The van der Waals surface area contributed by atoms with Gasteiger partial charge in [-0.25, -0.2) is 0 Å². The molecule has 0 aliphatic heterocycles. The van der Waals surface area contributed by atoms with Gasteiger partial charge in [0.2, 0.25) is 0 Å². The number of hydrogen-bond donors (Lipinski definition) is 0. The van der Waals surface area contributed by atoms with Gasteiger partial charge in [-0.2, -0.15) is 0 Å². The lowest BCUT2D eigenvalue weighted by Gasteiger charge is -1.92. The maximum Gasteiger partial charge on any atom is -0.0348 e. The van der Waals surface area contributed by atoms with E-state index in [0.29, 0.717) is 0 Å². The monoisotopic (exact) mass is 152 g/mol. The molecule has 0 aromatic carbocycles. The summed E-state index contributed by atoms with van der Waals surface area (Å²) in [4.78, 5) is 0. The minimum absolute atomic E-state index is 1.24. The summed E-state index contributed by atoms with van der Waals surface area (Å²) in [5.41, 5.74) is 0. The molecule has 0 aromatic rings. The van der Waals surface area contributed by atoms with E-state index in [-0.39, 0.29) is 0 Å². The standard InChI is InChI=1S/C11H20/c1-3-5-7-9-11-10-8-6-4-2/h3,5,7,9H,4,6,8,10-11H2,1-2H3/b5-3-,9-7-. The third-order valence-corrected chi connectivity index (χ3v) is 1.66. The van der Waals surface area contributed by atoms with Crippen molar-refractivity contribution in [3.8, 4) is 0 Å². The minimum Gasteiger partial charge on any atom is -0.0877 e. The Morgan fingerprint density at radius 2 is 1.82 bits per heavy atom. The molecule has 0 fully saturated rings. The Bertz CT molecular complexity index is 109. The highest BCUT2D eigenvalue weighted by Gasteiger charge is 1.82. The Labute approximate surface area is 71.0 Å². The highest BCUT2D eigenvalue weighted by atomic mass is 13.9. The molecule has 0 aliphatic rings. The number of rotatable bonds is 6. The van der Waals surface area contributed by atoms with E-state index in [1.165, 1.54) is 32.1 Å². The van der Waals surface area contributed by atoms with Gasteiger partial charge in [0, 0.05) is 0 Å². The molecular weight excluding hydrogens is 132 g/mol. The maximum atomic E-state index is 2.25. The van der Waals surface area contributed by atoms with Crippen LogP contribution >= 0.6 is 0 Å². The van der Waals surface area contributed by atoms with Gasteiger partial charge in [-0.15, -0.1) is 0 Å². The molecule has 0 unspecified atom stereocenters. The molecule has 0 aromatic heterocycles.